The predicted molar refractivity (Wildman–Crippen MR) is 145 cm³/mol. The van der Waals surface area contributed by atoms with Gasteiger partial charge < -0.3 is 14.2 Å². The number of rotatable bonds is 8. The van der Waals surface area contributed by atoms with Crippen molar-refractivity contribution in [3.8, 4) is 11.5 Å². The van der Waals surface area contributed by atoms with Crippen molar-refractivity contribution in [3.05, 3.63) is 101 Å². The zero-order valence-electron chi connectivity index (χ0n) is 19.3. The second kappa shape index (κ2) is 11.1. The number of carbonyl (C=O) groups is 1. The van der Waals surface area contributed by atoms with E-state index in [1.54, 1.807) is 31.2 Å². The molecule has 0 fully saturated rings. The molecule has 3 aromatic rings. The maximum atomic E-state index is 12.5. The Hall–Kier alpha value is -3.44. The molecule has 1 aliphatic heterocycles. The van der Waals surface area contributed by atoms with E-state index in [4.69, 9.17) is 25.8 Å². The summed E-state index contributed by atoms with van der Waals surface area (Å²) in [6, 6.07) is 15.7. The van der Waals surface area contributed by atoms with Crippen molar-refractivity contribution in [2.75, 3.05) is 6.61 Å². The van der Waals surface area contributed by atoms with Gasteiger partial charge in [-0.2, -0.15) is 0 Å². The van der Waals surface area contributed by atoms with Gasteiger partial charge in [0.15, 0.2) is 17.2 Å². The van der Waals surface area contributed by atoms with E-state index in [1.807, 2.05) is 31.2 Å². The monoisotopic (exact) mass is 618 g/mol. The predicted octanol–water partition coefficient (Wildman–Crippen LogP) is 6.48. The van der Waals surface area contributed by atoms with Crippen LogP contribution in [0.25, 0.3) is 6.08 Å². The molecule has 0 saturated carbocycles. The number of hydrogen-bond donors (Lipinski definition) is 0. The average molecular weight is 619 g/mol. The van der Waals surface area contributed by atoms with Gasteiger partial charge in [0, 0.05) is 26.3 Å². The third-order valence-electron chi connectivity index (χ3n) is 5.24. The summed E-state index contributed by atoms with van der Waals surface area (Å²) in [4.78, 5) is 27.5. The second-order valence-electron chi connectivity index (χ2n) is 7.74. The minimum atomic E-state index is -0.679. The van der Waals surface area contributed by atoms with Crippen molar-refractivity contribution in [1.82, 2.24) is 0 Å². The molecule has 0 saturated heterocycles. The van der Waals surface area contributed by atoms with Crippen LogP contribution in [0.3, 0.4) is 0 Å². The second-order valence-corrected chi connectivity index (χ2v) is 9.31. The Kier molecular flexibility index (Phi) is 7.90. The van der Waals surface area contributed by atoms with Crippen LogP contribution in [0.1, 0.15) is 29.2 Å². The first-order chi connectivity index (χ1) is 17.3. The van der Waals surface area contributed by atoms with Crippen LogP contribution in [0.15, 0.2) is 65.3 Å². The van der Waals surface area contributed by atoms with Crippen LogP contribution in [0.5, 0.6) is 11.5 Å². The standard InChI is InChI=1S/C26H20ClIN2O6/c1-3-34-23-12-16(10-19(27)24(23)35-14-18-6-4-5-7-20(18)28)11-21-26(31)36-25(29-21)17-9-8-15(2)22(13-17)30(32)33/h4-13H,3,14H2,1-2H3/b21-11-. The molecule has 4 rings (SSSR count). The van der Waals surface area contributed by atoms with E-state index in [2.05, 4.69) is 27.6 Å². The van der Waals surface area contributed by atoms with Crippen LogP contribution >= 0.6 is 34.2 Å². The van der Waals surface area contributed by atoms with Crippen molar-refractivity contribution < 1.29 is 23.9 Å². The fourth-order valence-electron chi connectivity index (χ4n) is 3.47. The molecule has 0 aromatic heterocycles. The Morgan fingerprint density at radius 1 is 1.17 bits per heavy atom. The lowest BCUT2D eigenvalue weighted by molar-refractivity contribution is -0.385. The van der Waals surface area contributed by atoms with Crippen molar-refractivity contribution in [2.45, 2.75) is 20.5 Å². The third-order valence-corrected chi connectivity index (χ3v) is 6.57. The van der Waals surface area contributed by atoms with Crippen LogP contribution in [-0.4, -0.2) is 23.4 Å². The fraction of sp³-hybridized carbons (Fsp3) is 0.154. The summed E-state index contributed by atoms with van der Waals surface area (Å²) < 4.78 is 18.1. The van der Waals surface area contributed by atoms with Gasteiger partial charge in [-0.25, -0.2) is 9.79 Å². The van der Waals surface area contributed by atoms with Gasteiger partial charge >= 0.3 is 5.97 Å². The highest BCUT2D eigenvalue weighted by Gasteiger charge is 2.26. The minimum absolute atomic E-state index is 0.0112. The van der Waals surface area contributed by atoms with Gasteiger partial charge in [-0.1, -0.05) is 35.9 Å². The van der Waals surface area contributed by atoms with Gasteiger partial charge in [0.2, 0.25) is 5.90 Å². The molecular weight excluding hydrogens is 599 g/mol. The van der Waals surface area contributed by atoms with Gasteiger partial charge in [0.05, 0.1) is 16.6 Å². The topological polar surface area (TPSA) is 100 Å². The van der Waals surface area contributed by atoms with Gasteiger partial charge in [-0.05, 0) is 72.3 Å². The highest BCUT2D eigenvalue weighted by atomic mass is 127. The Balaban J connectivity index is 1.63. The number of carbonyl (C=O) groups excluding carboxylic acids is 1. The Morgan fingerprint density at radius 2 is 1.94 bits per heavy atom. The molecule has 0 atom stereocenters. The molecule has 0 spiro atoms. The molecule has 0 radical (unpaired) electrons. The zero-order valence-corrected chi connectivity index (χ0v) is 22.2. The van der Waals surface area contributed by atoms with Crippen molar-refractivity contribution in [2.24, 2.45) is 4.99 Å². The number of aliphatic imine (C=N–C) groups is 1. The first-order valence-electron chi connectivity index (χ1n) is 10.9. The highest BCUT2D eigenvalue weighted by molar-refractivity contribution is 14.1. The number of hydrogen-bond acceptors (Lipinski definition) is 7. The summed E-state index contributed by atoms with van der Waals surface area (Å²) in [5.74, 6) is 0.127. The summed E-state index contributed by atoms with van der Waals surface area (Å²) in [6.45, 7) is 4.16. The Labute approximate surface area is 225 Å². The maximum absolute atomic E-state index is 12.5. The lowest BCUT2D eigenvalue weighted by atomic mass is 10.1. The molecular formula is C26H20ClIN2O6. The smallest absolute Gasteiger partial charge is 0.363 e. The molecule has 184 valence electrons. The van der Waals surface area contributed by atoms with Gasteiger partial charge in [0.1, 0.15) is 6.61 Å². The van der Waals surface area contributed by atoms with Crippen LogP contribution in [-0.2, 0) is 16.1 Å². The largest absolute Gasteiger partial charge is 0.490 e. The summed E-state index contributed by atoms with van der Waals surface area (Å²) in [5, 5.41) is 11.6. The van der Waals surface area contributed by atoms with Crippen LogP contribution in [0.2, 0.25) is 5.02 Å². The van der Waals surface area contributed by atoms with Crippen LogP contribution in [0.4, 0.5) is 5.69 Å². The number of nitro benzene ring substituents is 1. The fourth-order valence-corrected chi connectivity index (χ4v) is 4.29. The zero-order chi connectivity index (χ0) is 25.8. The van der Waals surface area contributed by atoms with E-state index >= 15 is 0 Å². The van der Waals surface area contributed by atoms with E-state index in [0.29, 0.717) is 46.4 Å². The molecule has 0 bridgehead atoms. The number of benzene rings is 3. The van der Waals surface area contributed by atoms with Crippen molar-refractivity contribution in [1.29, 1.82) is 0 Å². The Morgan fingerprint density at radius 3 is 2.67 bits per heavy atom. The number of ether oxygens (including phenoxy) is 3. The van der Waals surface area contributed by atoms with Crippen LogP contribution < -0.4 is 9.47 Å². The molecule has 0 aliphatic carbocycles. The van der Waals surface area contributed by atoms with E-state index < -0.39 is 10.9 Å². The SMILES string of the molecule is CCOc1cc(/C=C2\N=C(c3ccc(C)c([N+](=O)[O-])c3)OC2=O)cc(Cl)c1OCc1ccccc1I. The molecule has 0 N–H and O–H groups in total. The maximum Gasteiger partial charge on any atom is 0.363 e. The average Bonchev–Trinajstić information content (AvgIpc) is 3.20. The molecule has 10 heteroatoms. The van der Waals surface area contributed by atoms with Crippen molar-refractivity contribution >= 4 is 57.8 Å². The summed E-state index contributed by atoms with van der Waals surface area (Å²) in [6.07, 6.45) is 1.51. The van der Waals surface area contributed by atoms with E-state index in [0.717, 1.165) is 9.13 Å². The van der Waals surface area contributed by atoms with Gasteiger partial charge in [-0.15, -0.1) is 0 Å². The first-order valence-corrected chi connectivity index (χ1v) is 12.3. The minimum Gasteiger partial charge on any atom is -0.490 e. The van der Waals surface area contributed by atoms with E-state index in [-0.39, 0.29) is 17.3 Å². The van der Waals surface area contributed by atoms with Gasteiger partial charge in [0.25, 0.3) is 5.69 Å². The first kappa shape index (κ1) is 25.6. The number of halogens is 2. The lowest BCUT2D eigenvalue weighted by Gasteiger charge is -2.15. The molecule has 1 heterocycles. The molecule has 36 heavy (non-hydrogen) atoms. The third kappa shape index (κ3) is 5.68. The van der Waals surface area contributed by atoms with Crippen LogP contribution in [0, 0.1) is 20.6 Å². The number of esters is 1. The van der Waals surface area contributed by atoms with Gasteiger partial charge in [-0.3, -0.25) is 10.1 Å². The number of nitro groups is 1. The summed E-state index contributed by atoms with van der Waals surface area (Å²) >= 11 is 8.78. The summed E-state index contributed by atoms with van der Waals surface area (Å²) in [5.41, 5.74) is 2.33. The number of aryl methyl sites for hydroxylation is 1. The Bertz CT molecular complexity index is 1420. The van der Waals surface area contributed by atoms with E-state index in [9.17, 15) is 14.9 Å². The normalized spacial score (nSPS) is 13.9. The van der Waals surface area contributed by atoms with Crippen molar-refractivity contribution in [3.63, 3.8) is 0 Å². The highest BCUT2D eigenvalue weighted by Crippen LogP contribution is 2.38. The molecule has 0 unspecified atom stereocenters. The molecule has 8 nitrogen and oxygen atoms in total. The molecule has 1 aliphatic rings. The number of nitrogens with zero attached hydrogens (tertiary/aromatic N) is 2. The molecule has 0 amide bonds. The summed E-state index contributed by atoms with van der Waals surface area (Å²) in [7, 11) is 0. The van der Waals surface area contributed by atoms with E-state index in [1.165, 1.54) is 12.1 Å². The molecule has 3 aromatic carbocycles. The quantitative estimate of drug-likeness (QED) is 0.0942. The lowest BCUT2D eigenvalue weighted by Crippen LogP contribution is -2.06. The number of cyclic esters (lactones) is 1.